The Morgan fingerprint density at radius 1 is 0.804 bits per heavy atom. The SMILES string of the molecule is C.CCOC(=O)C1(F)CCN(C(=O)OCc2ccccc2)CCC1=O.O=C1CCN(C(=O)OCc2ccccc2)CCC1F.[K+].[OH-]. The van der Waals surface area contributed by atoms with Crippen LogP contribution in [0.25, 0.3) is 0 Å². The molecule has 4 rings (SSSR count). The summed E-state index contributed by atoms with van der Waals surface area (Å²) < 4.78 is 42.8. The Morgan fingerprint density at radius 2 is 1.28 bits per heavy atom. The van der Waals surface area contributed by atoms with Crippen molar-refractivity contribution in [2.45, 2.75) is 65.1 Å². The molecular formula is C32H41F2KN2O9. The van der Waals surface area contributed by atoms with Crippen LogP contribution < -0.4 is 51.4 Å². The van der Waals surface area contributed by atoms with Crippen molar-refractivity contribution in [2.75, 3.05) is 32.8 Å². The van der Waals surface area contributed by atoms with E-state index in [4.69, 9.17) is 9.47 Å². The molecule has 2 fully saturated rings. The van der Waals surface area contributed by atoms with E-state index in [0.29, 0.717) is 0 Å². The molecule has 0 bridgehead atoms. The molecule has 2 saturated heterocycles. The van der Waals surface area contributed by atoms with Gasteiger partial charge in [0.2, 0.25) is 0 Å². The fraction of sp³-hybridized carbons (Fsp3) is 0.469. The van der Waals surface area contributed by atoms with Crippen molar-refractivity contribution in [3.8, 4) is 0 Å². The average molecular weight is 675 g/mol. The number of amides is 2. The van der Waals surface area contributed by atoms with Crippen molar-refractivity contribution in [3.63, 3.8) is 0 Å². The van der Waals surface area contributed by atoms with Gasteiger partial charge in [0.1, 0.15) is 13.2 Å². The predicted octanol–water partition coefficient (Wildman–Crippen LogP) is 2.05. The van der Waals surface area contributed by atoms with Gasteiger partial charge in [-0.05, 0) is 18.1 Å². The van der Waals surface area contributed by atoms with Crippen molar-refractivity contribution < 1.29 is 104 Å². The molecule has 0 saturated carbocycles. The Bertz CT molecular complexity index is 1260. The van der Waals surface area contributed by atoms with Crippen LogP contribution >= 0.6 is 0 Å². The van der Waals surface area contributed by atoms with Crippen molar-refractivity contribution in [1.82, 2.24) is 9.80 Å². The number of ether oxygens (including phenoxy) is 3. The largest absolute Gasteiger partial charge is 1.00 e. The first-order valence-electron chi connectivity index (χ1n) is 14.1. The maximum atomic E-state index is 14.7. The molecule has 2 heterocycles. The Hall–Kier alpha value is -2.75. The minimum absolute atomic E-state index is 0. The van der Waals surface area contributed by atoms with Gasteiger partial charge in [0.15, 0.2) is 17.7 Å². The molecule has 0 aromatic heterocycles. The molecule has 2 aromatic rings. The number of Topliss-reactive ketones (excluding diaryl/α,β-unsaturated/α-hetero) is 2. The summed E-state index contributed by atoms with van der Waals surface area (Å²) in [5, 5.41) is 0. The number of likely N-dealkylation sites (tertiary alicyclic amines) is 2. The molecule has 2 aromatic carbocycles. The van der Waals surface area contributed by atoms with E-state index in [2.05, 4.69) is 4.74 Å². The fourth-order valence-corrected chi connectivity index (χ4v) is 4.37. The minimum atomic E-state index is -2.69. The van der Waals surface area contributed by atoms with Gasteiger partial charge in [-0.25, -0.2) is 23.2 Å². The van der Waals surface area contributed by atoms with Gasteiger partial charge >= 0.3 is 69.5 Å². The molecule has 11 nitrogen and oxygen atoms in total. The van der Waals surface area contributed by atoms with Gasteiger partial charge in [-0.2, -0.15) is 0 Å². The molecule has 46 heavy (non-hydrogen) atoms. The van der Waals surface area contributed by atoms with Gasteiger partial charge in [0.05, 0.1) is 6.61 Å². The van der Waals surface area contributed by atoms with Crippen molar-refractivity contribution in [3.05, 3.63) is 71.8 Å². The second kappa shape index (κ2) is 21.9. The summed E-state index contributed by atoms with van der Waals surface area (Å²) in [7, 11) is 0. The monoisotopic (exact) mass is 674 g/mol. The third-order valence-electron chi connectivity index (χ3n) is 6.93. The third-order valence-corrected chi connectivity index (χ3v) is 6.93. The number of nitrogens with zero attached hydrogens (tertiary/aromatic N) is 2. The molecule has 2 atom stereocenters. The molecular weight excluding hydrogens is 633 g/mol. The zero-order chi connectivity index (χ0) is 31.2. The number of ketones is 2. The zero-order valence-corrected chi connectivity index (χ0v) is 28.6. The molecule has 0 radical (unpaired) electrons. The van der Waals surface area contributed by atoms with E-state index in [0.717, 1.165) is 11.1 Å². The quantitative estimate of drug-likeness (QED) is 0.194. The second-order valence-corrected chi connectivity index (χ2v) is 9.97. The number of halogens is 2. The molecule has 0 aliphatic carbocycles. The number of rotatable bonds is 6. The maximum Gasteiger partial charge on any atom is 1.00 e. The van der Waals surface area contributed by atoms with E-state index < -0.39 is 48.0 Å². The maximum absolute atomic E-state index is 14.7. The summed E-state index contributed by atoms with van der Waals surface area (Å²) in [5.41, 5.74) is -0.974. The molecule has 2 unspecified atom stereocenters. The standard InChI is InChI=1S/C17H20FNO5.C14H16FNO3.CH4.K.H2O/c1-2-23-15(21)17(18)9-11-19(10-8-14(17)20)16(22)24-12-13-6-4-3-5-7-13;15-12-6-8-16(9-7-13(12)17)14(18)19-10-11-4-2-1-3-5-11;;;/h3-7H,2,8-12H2,1H3;1-5,12H,6-10H2;1H4;;1H2/q;;;+1;/p-1. The third kappa shape index (κ3) is 13.2. The Morgan fingerprint density at radius 3 is 1.78 bits per heavy atom. The van der Waals surface area contributed by atoms with Gasteiger partial charge < -0.3 is 29.5 Å². The normalized spacial score (nSPS) is 19.2. The number of esters is 1. The Kier molecular flexibility index (Phi) is 20.6. The number of hydrogen-bond acceptors (Lipinski definition) is 9. The first-order valence-corrected chi connectivity index (χ1v) is 14.1. The van der Waals surface area contributed by atoms with Gasteiger partial charge in [-0.15, -0.1) is 0 Å². The average Bonchev–Trinajstić information content (AvgIpc) is 3.29. The van der Waals surface area contributed by atoms with Crippen LogP contribution in [0.4, 0.5) is 18.4 Å². The summed E-state index contributed by atoms with van der Waals surface area (Å²) >= 11 is 0. The molecule has 2 aliphatic heterocycles. The van der Waals surface area contributed by atoms with Crippen LogP contribution in [-0.2, 0) is 41.8 Å². The van der Waals surface area contributed by atoms with Crippen LogP contribution in [0.2, 0.25) is 0 Å². The Balaban J connectivity index is 0.000000845. The van der Waals surface area contributed by atoms with Gasteiger partial charge in [0, 0.05) is 51.9 Å². The van der Waals surface area contributed by atoms with Crippen molar-refractivity contribution in [1.29, 1.82) is 0 Å². The summed E-state index contributed by atoms with van der Waals surface area (Å²) in [6, 6.07) is 18.4. The van der Waals surface area contributed by atoms with E-state index in [1.165, 1.54) is 16.7 Å². The van der Waals surface area contributed by atoms with E-state index >= 15 is 0 Å². The number of benzene rings is 2. The van der Waals surface area contributed by atoms with Crippen LogP contribution in [-0.4, -0.2) is 89.6 Å². The van der Waals surface area contributed by atoms with Gasteiger partial charge in [-0.1, -0.05) is 68.1 Å². The predicted molar refractivity (Wildman–Crippen MR) is 159 cm³/mol. The zero-order valence-electron chi connectivity index (χ0n) is 25.5. The van der Waals surface area contributed by atoms with E-state index in [1.54, 1.807) is 0 Å². The van der Waals surface area contributed by atoms with Crippen LogP contribution in [0.3, 0.4) is 0 Å². The summed E-state index contributed by atoms with van der Waals surface area (Å²) in [4.78, 5) is 61.4. The van der Waals surface area contributed by atoms with Gasteiger partial charge in [-0.3, -0.25) is 9.59 Å². The van der Waals surface area contributed by atoms with E-state index in [9.17, 15) is 32.8 Å². The molecule has 0 spiro atoms. The van der Waals surface area contributed by atoms with E-state index in [1.807, 2.05) is 60.7 Å². The topological polar surface area (TPSA) is 150 Å². The van der Waals surface area contributed by atoms with Crippen LogP contribution in [0, 0.1) is 0 Å². The summed E-state index contributed by atoms with van der Waals surface area (Å²) in [5.74, 6) is -2.48. The van der Waals surface area contributed by atoms with Crippen LogP contribution in [0.1, 0.15) is 51.2 Å². The van der Waals surface area contributed by atoms with Crippen molar-refractivity contribution >= 4 is 29.7 Å². The first kappa shape index (κ1) is 43.2. The molecule has 2 amide bonds. The molecule has 1 N–H and O–H groups in total. The second-order valence-electron chi connectivity index (χ2n) is 9.97. The molecule has 248 valence electrons. The molecule has 2 aliphatic rings. The van der Waals surface area contributed by atoms with E-state index in [-0.39, 0.29) is 130 Å². The minimum Gasteiger partial charge on any atom is -0.870 e. The van der Waals surface area contributed by atoms with Crippen LogP contribution in [0.15, 0.2) is 60.7 Å². The summed E-state index contributed by atoms with van der Waals surface area (Å²) in [6.07, 6.45) is -3.15. The molecule has 14 heteroatoms. The number of carbonyl (C=O) groups is 5. The number of carbonyl (C=O) groups excluding carboxylic acids is 5. The fourth-order valence-electron chi connectivity index (χ4n) is 4.37. The number of hydrogen-bond donors (Lipinski definition) is 0. The smallest absolute Gasteiger partial charge is 0.870 e. The summed E-state index contributed by atoms with van der Waals surface area (Å²) in [6.45, 7) is 2.17. The first-order chi connectivity index (χ1) is 20.6. The Labute approximate surface area is 310 Å². The van der Waals surface area contributed by atoms with Gasteiger partial charge in [0.25, 0.3) is 5.67 Å². The van der Waals surface area contributed by atoms with Crippen molar-refractivity contribution in [2.24, 2.45) is 0 Å². The number of alkyl halides is 2. The van der Waals surface area contributed by atoms with Crippen LogP contribution in [0.5, 0.6) is 0 Å².